The number of fused-ring (bicyclic) bond motifs is 2. The maximum atomic E-state index is 5.12. The average molecular weight is 356 g/mol. The van der Waals surface area contributed by atoms with Crippen LogP contribution in [0.3, 0.4) is 0 Å². The zero-order valence-electron chi connectivity index (χ0n) is 15.6. The minimum absolute atomic E-state index is 0.780. The van der Waals surface area contributed by atoms with Crippen LogP contribution in [0.15, 0.2) is 60.8 Å². The Morgan fingerprint density at radius 2 is 1.85 bits per heavy atom. The van der Waals surface area contributed by atoms with Gasteiger partial charge in [-0.25, -0.2) is 0 Å². The van der Waals surface area contributed by atoms with Crippen molar-refractivity contribution in [2.24, 2.45) is 0 Å². The highest BCUT2D eigenvalue weighted by molar-refractivity contribution is 5.76. The number of nitrogens with one attached hydrogen (secondary N) is 1. The highest BCUT2D eigenvalue weighted by atomic mass is 16.5. The molecule has 1 aromatic heterocycles. The summed E-state index contributed by atoms with van der Waals surface area (Å²) >= 11 is 0. The van der Waals surface area contributed by atoms with Gasteiger partial charge in [0.2, 0.25) is 0 Å². The first-order valence-electron chi connectivity index (χ1n) is 9.41. The van der Waals surface area contributed by atoms with Crippen LogP contribution >= 0.6 is 0 Å². The number of rotatable bonds is 6. The molecule has 3 aromatic rings. The van der Waals surface area contributed by atoms with Crippen molar-refractivity contribution < 1.29 is 4.74 Å². The van der Waals surface area contributed by atoms with Crippen LogP contribution in [0, 0.1) is 0 Å². The number of aromatic nitrogens is 1. The number of pyridine rings is 1. The molecule has 0 radical (unpaired) electrons. The Morgan fingerprint density at radius 1 is 0.963 bits per heavy atom. The van der Waals surface area contributed by atoms with E-state index in [0.29, 0.717) is 0 Å². The van der Waals surface area contributed by atoms with Crippen LogP contribution < -0.4 is 5.32 Å². The third-order valence-corrected chi connectivity index (χ3v) is 4.91. The van der Waals surface area contributed by atoms with Crippen molar-refractivity contribution in [3.8, 4) is 11.1 Å². The van der Waals surface area contributed by atoms with Gasteiger partial charge in [0, 0.05) is 44.1 Å². The topological polar surface area (TPSA) is 34.1 Å². The van der Waals surface area contributed by atoms with E-state index in [0.717, 1.165) is 37.4 Å². The SMILES string of the molecule is COCCCNc1ccc2c(c1)Cc1cc(-c3ccccc3)cnc1C=C2. The highest BCUT2D eigenvalue weighted by Crippen LogP contribution is 2.29. The molecule has 2 aromatic carbocycles. The molecule has 1 aliphatic rings. The van der Waals surface area contributed by atoms with E-state index in [1.54, 1.807) is 7.11 Å². The molecule has 0 amide bonds. The molecule has 136 valence electrons. The van der Waals surface area contributed by atoms with Gasteiger partial charge >= 0.3 is 0 Å². The summed E-state index contributed by atoms with van der Waals surface area (Å²) in [6.07, 6.45) is 8.16. The van der Waals surface area contributed by atoms with Gasteiger partial charge in [0.15, 0.2) is 0 Å². The lowest BCUT2D eigenvalue weighted by Crippen LogP contribution is -2.05. The van der Waals surface area contributed by atoms with Crippen LogP contribution in [0.2, 0.25) is 0 Å². The second kappa shape index (κ2) is 8.19. The van der Waals surface area contributed by atoms with Gasteiger partial charge in [0.05, 0.1) is 5.69 Å². The Bertz CT molecular complexity index is 948. The standard InChI is InChI=1S/C24H24N2O/c1-27-13-5-12-25-23-10-8-19-9-11-24-21(14-20(19)16-23)15-22(17-26-24)18-6-3-2-4-7-18/h2-4,6-11,15-17,25H,5,12-14H2,1H3. The first-order valence-corrected chi connectivity index (χ1v) is 9.41. The molecule has 3 heteroatoms. The molecule has 0 aliphatic heterocycles. The summed E-state index contributed by atoms with van der Waals surface area (Å²) in [5.41, 5.74) is 8.44. The molecule has 0 bridgehead atoms. The van der Waals surface area contributed by atoms with Crippen molar-refractivity contribution in [1.29, 1.82) is 0 Å². The van der Waals surface area contributed by atoms with Gasteiger partial charge in [-0.15, -0.1) is 0 Å². The molecule has 1 N–H and O–H groups in total. The molecule has 0 spiro atoms. The number of methoxy groups -OCH3 is 1. The molecule has 4 rings (SSSR count). The van der Waals surface area contributed by atoms with Gasteiger partial charge in [0.1, 0.15) is 0 Å². The van der Waals surface area contributed by atoms with E-state index < -0.39 is 0 Å². The summed E-state index contributed by atoms with van der Waals surface area (Å²) in [5, 5.41) is 3.49. The van der Waals surface area contributed by atoms with Crippen molar-refractivity contribution >= 4 is 17.8 Å². The fourth-order valence-corrected chi connectivity index (χ4v) is 3.46. The fraction of sp³-hybridized carbons (Fsp3) is 0.208. The van der Waals surface area contributed by atoms with Crippen LogP contribution in [-0.4, -0.2) is 25.2 Å². The first-order chi connectivity index (χ1) is 13.3. The van der Waals surface area contributed by atoms with Gasteiger partial charge in [0.25, 0.3) is 0 Å². The minimum Gasteiger partial charge on any atom is -0.385 e. The summed E-state index contributed by atoms with van der Waals surface area (Å²) in [4.78, 5) is 4.71. The molecule has 3 nitrogen and oxygen atoms in total. The van der Waals surface area contributed by atoms with Crippen molar-refractivity contribution in [3.05, 3.63) is 83.2 Å². The lowest BCUT2D eigenvalue weighted by molar-refractivity contribution is 0.198. The van der Waals surface area contributed by atoms with Crippen molar-refractivity contribution in [3.63, 3.8) is 0 Å². The molecular weight excluding hydrogens is 332 g/mol. The van der Waals surface area contributed by atoms with E-state index in [2.05, 4.69) is 66.0 Å². The molecule has 1 aliphatic carbocycles. The lowest BCUT2D eigenvalue weighted by Gasteiger charge is -2.11. The monoisotopic (exact) mass is 356 g/mol. The normalized spacial score (nSPS) is 12.2. The zero-order valence-corrected chi connectivity index (χ0v) is 15.6. The summed E-state index contributed by atoms with van der Waals surface area (Å²) in [6, 6.07) is 19.3. The van der Waals surface area contributed by atoms with Crippen molar-refractivity contribution in [1.82, 2.24) is 4.98 Å². The van der Waals surface area contributed by atoms with Crippen LogP contribution in [0.1, 0.15) is 28.8 Å². The first kappa shape index (κ1) is 17.5. The Labute approximate surface area is 160 Å². The van der Waals surface area contributed by atoms with Gasteiger partial charge < -0.3 is 10.1 Å². The predicted molar refractivity (Wildman–Crippen MR) is 113 cm³/mol. The third kappa shape index (κ3) is 4.09. The van der Waals surface area contributed by atoms with Gasteiger partial charge in [-0.3, -0.25) is 4.98 Å². The number of ether oxygens (including phenoxy) is 1. The summed E-state index contributed by atoms with van der Waals surface area (Å²) in [6.45, 7) is 1.70. The van der Waals surface area contributed by atoms with Crippen LogP contribution in [0.25, 0.3) is 23.3 Å². The third-order valence-electron chi connectivity index (χ3n) is 4.91. The van der Waals surface area contributed by atoms with Crippen LogP contribution in [0.5, 0.6) is 0 Å². The van der Waals surface area contributed by atoms with E-state index in [4.69, 9.17) is 9.72 Å². The number of hydrogen-bond acceptors (Lipinski definition) is 3. The Hall–Kier alpha value is -2.91. The minimum atomic E-state index is 0.780. The molecule has 0 saturated heterocycles. The molecule has 0 atom stereocenters. The number of benzene rings is 2. The highest BCUT2D eigenvalue weighted by Gasteiger charge is 2.12. The van der Waals surface area contributed by atoms with E-state index in [-0.39, 0.29) is 0 Å². The van der Waals surface area contributed by atoms with Crippen LogP contribution in [0.4, 0.5) is 5.69 Å². The molecule has 27 heavy (non-hydrogen) atoms. The fourth-order valence-electron chi connectivity index (χ4n) is 3.46. The van der Waals surface area contributed by atoms with E-state index in [1.807, 2.05) is 12.3 Å². The molecular formula is C24H24N2O. The summed E-state index contributed by atoms with van der Waals surface area (Å²) in [5.74, 6) is 0. The van der Waals surface area contributed by atoms with E-state index in [1.165, 1.54) is 27.8 Å². The molecule has 0 fully saturated rings. The second-order valence-electron chi connectivity index (χ2n) is 6.83. The van der Waals surface area contributed by atoms with Gasteiger partial charge in [-0.2, -0.15) is 0 Å². The number of anilines is 1. The maximum Gasteiger partial charge on any atom is 0.0665 e. The zero-order chi connectivity index (χ0) is 18.5. The van der Waals surface area contributed by atoms with E-state index >= 15 is 0 Å². The van der Waals surface area contributed by atoms with Crippen LogP contribution in [-0.2, 0) is 11.2 Å². The average Bonchev–Trinajstić information content (AvgIpc) is 2.90. The van der Waals surface area contributed by atoms with Crippen molar-refractivity contribution in [2.45, 2.75) is 12.8 Å². The molecule has 1 heterocycles. The van der Waals surface area contributed by atoms with Crippen molar-refractivity contribution in [2.75, 3.05) is 25.6 Å². The summed E-state index contributed by atoms with van der Waals surface area (Å²) < 4.78 is 5.12. The number of hydrogen-bond donors (Lipinski definition) is 1. The molecule has 0 saturated carbocycles. The number of nitrogens with zero attached hydrogens (tertiary/aromatic N) is 1. The quantitative estimate of drug-likeness (QED) is 0.478. The van der Waals surface area contributed by atoms with Gasteiger partial charge in [-0.1, -0.05) is 42.5 Å². The second-order valence-corrected chi connectivity index (χ2v) is 6.83. The summed E-state index contributed by atoms with van der Waals surface area (Å²) in [7, 11) is 1.74. The lowest BCUT2D eigenvalue weighted by atomic mass is 9.98. The smallest absolute Gasteiger partial charge is 0.0665 e. The van der Waals surface area contributed by atoms with Gasteiger partial charge in [-0.05, 0) is 52.9 Å². The Balaban J connectivity index is 1.59. The molecule has 0 unspecified atom stereocenters. The van der Waals surface area contributed by atoms with E-state index in [9.17, 15) is 0 Å². The Kier molecular flexibility index (Phi) is 5.31. The Morgan fingerprint density at radius 3 is 2.70 bits per heavy atom. The maximum absolute atomic E-state index is 5.12. The largest absolute Gasteiger partial charge is 0.385 e. The predicted octanol–water partition coefficient (Wildman–Crippen LogP) is 5.27.